The van der Waals surface area contributed by atoms with Gasteiger partial charge in [-0.2, -0.15) is 0 Å². The molecule has 0 bridgehead atoms. The fraction of sp³-hybridized carbons (Fsp3) is 0.600. The van der Waals surface area contributed by atoms with Gasteiger partial charge in [-0.05, 0) is 44.2 Å². The fourth-order valence-corrected chi connectivity index (χ4v) is 2.80. The summed E-state index contributed by atoms with van der Waals surface area (Å²) in [6.07, 6.45) is 7.38. The molecule has 0 spiro atoms. The zero-order valence-corrected chi connectivity index (χ0v) is 13.7. The summed E-state index contributed by atoms with van der Waals surface area (Å²) < 4.78 is 28.5. The van der Waals surface area contributed by atoms with Crippen LogP contribution in [0, 0.1) is 0 Å². The van der Waals surface area contributed by atoms with Crippen LogP contribution in [0.1, 0.15) is 38.2 Å². The number of sulfone groups is 1. The van der Waals surface area contributed by atoms with Crippen molar-refractivity contribution >= 4 is 15.7 Å². The highest BCUT2D eigenvalue weighted by atomic mass is 32.2. The van der Waals surface area contributed by atoms with Crippen LogP contribution in [0.3, 0.4) is 0 Å². The smallest absolute Gasteiger partial charge is 0.238 e. The van der Waals surface area contributed by atoms with Crippen LogP contribution in [0.25, 0.3) is 0 Å². The van der Waals surface area contributed by atoms with E-state index in [0.29, 0.717) is 5.88 Å². The number of ether oxygens (including phenoxy) is 1. The molecule has 0 saturated heterocycles. The highest BCUT2D eigenvalue weighted by Gasteiger charge is 2.23. The highest BCUT2D eigenvalue weighted by molar-refractivity contribution is 7.92. The van der Waals surface area contributed by atoms with E-state index < -0.39 is 21.0 Å². The molecule has 1 unspecified atom stereocenters. The van der Waals surface area contributed by atoms with Gasteiger partial charge in [-0.15, -0.1) is 0 Å². The molecule has 1 aromatic heterocycles. The summed E-state index contributed by atoms with van der Waals surface area (Å²) in [5.41, 5.74) is 0.831. The molecular weight excluding hydrogens is 304 g/mol. The molecule has 6 nitrogen and oxygen atoms in total. The van der Waals surface area contributed by atoms with Crippen LogP contribution in [-0.4, -0.2) is 36.9 Å². The minimum atomic E-state index is -3.38. The Labute approximate surface area is 131 Å². The van der Waals surface area contributed by atoms with Gasteiger partial charge in [0.25, 0.3) is 0 Å². The Morgan fingerprint density at radius 2 is 2.14 bits per heavy atom. The van der Waals surface area contributed by atoms with Crippen LogP contribution in [0.4, 0.5) is 0 Å². The van der Waals surface area contributed by atoms with Crippen LogP contribution < -0.4 is 10.1 Å². The first-order valence-corrected chi connectivity index (χ1v) is 9.40. The Kier molecular flexibility index (Phi) is 5.39. The topological polar surface area (TPSA) is 85.4 Å². The third-order valence-electron chi connectivity index (χ3n) is 3.87. The van der Waals surface area contributed by atoms with Crippen LogP contribution in [-0.2, 0) is 21.2 Å². The van der Waals surface area contributed by atoms with Crippen molar-refractivity contribution in [3.63, 3.8) is 0 Å². The largest absolute Gasteiger partial charge is 0.474 e. The Bertz CT molecular complexity index is 624. The van der Waals surface area contributed by atoms with Crippen molar-refractivity contribution in [2.45, 2.75) is 50.5 Å². The van der Waals surface area contributed by atoms with Gasteiger partial charge in [-0.1, -0.05) is 0 Å². The van der Waals surface area contributed by atoms with Gasteiger partial charge in [0.15, 0.2) is 9.84 Å². The summed E-state index contributed by atoms with van der Waals surface area (Å²) >= 11 is 0. The van der Waals surface area contributed by atoms with E-state index in [1.165, 1.54) is 19.8 Å². The number of nitrogens with one attached hydrogen (secondary N) is 1. The molecule has 1 aromatic rings. The number of hydrogen-bond donors (Lipinski definition) is 1. The second kappa shape index (κ2) is 7.09. The molecule has 1 amide bonds. The molecule has 122 valence electrons. The normalized spacial score (nSPS) is 17.2. The number of amides is 1. The molecule has 1 saturated carbocycles. The van der Waals surface area contributed by atoms with Crippen molar-refractivity contribution in [1.82, 2.24) is 10.3 Å². The third-order valence-corrected chi connectivity index (χ3v) is 5.37. The quantitative estimate of drug-likeness (QED) is 0.855. The highest BCUT2D eigenvalue weighted by Crippen LogP contribution is 2.23. The van der Waals surface area contributed by atoms with Crippen molar-refractivity contribution in [2.24, 2.45) is 0 Å². The van der Waals surface area contributed by atoms with E-state index in [4.69, 9.17) is 4.74 Å². The lowest BCUT2D eigenvalue weighted by Crippen LogP contribution is -2.37. The predicted molar refractivity (Wildman–Crippen MR) is 83.3 cm³/mol. The third kappa shape index (κ3) is 4.69. The summed E-state index contributed by atoms with van der Waals surface area (Å²) in [7, 11) is -3.38. The summed E-state index contributed by atoms with van der Waals surface area (Å²) in [6, 6.07) is 3.55. The van der Waals surface area contributed by atoms with Gasteiger partial charge in [0.2, 0.25) is 11.8 Å². The predicted octanol–water partition coefficient (Wildman–Crippen LogP) is 1.45. The number of pyridine rings is 1. The SMILES string of the molecule is CC(C(=O)NCc1ccnc(OC2CCCC2)c1)S(C)(=O)=O. The molecule has 1 atom stereocenters. The summed E-state index contributed by atoms with van der Waals surface area (Å²) in [5, 5.41) is 1.57. The molecule has 22 heavy (non-hydrogen) atoms. The number of carbonyl (C=O) groups excluding carboxylic acids is 1. The lowest BCUT2D eigenvalue weighted by molar-refractivity contribution is -0.120. The lowest BCUT2D eigenvalue weighted by atomic mass is 10.2. The van der Waals surface area contributed by atoms with Crippen molar-refractivity contribution < 1.29 is 17.9 Å². The van der Waals surface area contributed by atoms with Crippen molar-refractivity contribution in [3.8, 4) is 5.88 Å². The Morgan fingerprint density at radius 3 is 2.77 bits per heavy atom. The van der Waals surface area contributed by atoms with Gasteiger partial charge in [-0.25, -0.2) is 13.4 Å². The van der Waals surface area contributed by atoms with Gasteiger partial charge in [-0.3, -0.25) is 4.79 Å². The van der Waals surface area contributed by atoms with Gasteiger partial charge < -0.3 is 10.1 Å². The monoisotopic (exact) mass is 326 g/mol. The molecule has 7 heteroatoms. The first-order valence-electron chi connectivity index (χ1n) is 7.44. The molecule has 0 aromatic carbocycles. The van der Waals surface area contributed by atoms with E-state index in [0.717, 1.165) is 24.7 Å². The minimum Gasteiger partial charge on any atom is -0.474 e. The zero-order valence-electron chi connectivity index (χ0n) is 12.9. The molecule has 1 aliphatic rings. The van der Waals surface area contributed by atoms with Crippen molar-refractivity contribution in [1.29, 1.82) is 0 Å². The maximum absolute atomic E-state index is 11.8. The molecule has 1 fully saturated rings. The van der Waals surface area contributed by atoms with E-state index in [-0.39, 0.29) is 12.6 Å². The molecular formula is C15H22N2O4S. The number of nitrogens with zero attached hydrogens (tertiary/aromatic N) is 1. The van der Waals surface area contributed by atoms with E-state index in [1.807, 2.05) is 0 Å². The summed E-state index contributed by atoms with van der Waals surface area (Å²) in [4.78, 5) is 16.0. The Balaban J connectivity index is 1.91. The van der Waals surface area contributed by atoms with Crippen LogP contribution in [0.2, 0.25) is 0 Å². The average molecular weight is 326 g/mol. The van der Waals surface area contributed by atoms with Crippen molar-refractivity contribution in [3.05, 3.63) is 23.9 Å². The number of hydrogen-bond acceptors (Lipinski definition) is 5. The standard InChI is InChI=1S/C15H22N2O4S/c1-11(22(2,19)20)15(18)17-10-12-7-8-16-14(9-12)21-13-5-3-4-6-13/h7-9,11,13H,3-6,10H2,1-2H3,(H,17,18). The number of carbonyl (C=O) groups is 1. The number of aromatic nitrogens is 1. The Morgan fingerprint density at radius 1 is 1.45 bits per heavy atom. The zero-order chi connectivity index (χ0) is 16.2. The van der Waals surface area contributed by atoms with E-state index >= 15 is 0 Å². The van der Waals surface area contributed by atoms with Crippen LogP contribution >= 0.6 is 0 Å². The summed E-state index contributed by atoms with van der Waals surface area (Å²) in [6.45, 7) is 1.63. The van der Waals surface area contributed by atoms with Gasteiger partial charge in [0.05, 0.1) is 0 Å². The maximum atomic E-state index is 11.8. The number of rotatable bonds is 6. The molecule has 1 N–H and O–H groups in total. The second-order valence-corrected chi connectivity index (χ2v) is 8.08. The fourth-order valence-electron chi connectivity index (χ4n) is 2.33. The second-order valence-electron chi connectivity index (χ2n) is 5.72. The lowest BCUT2D eigenvalue weighted by Gasteiger charge is -2.13. The first kappa shape index (κ1) is 16.7. The molecule has 0 aliphatic heterocycles. The van der Waals surface area contributed by atoms with E-state index in [9.17, 15) is 13.2 Å². The van der Waals surface area contributed by atoms with E-state index in [1.54, 1.807) is 18.3 Å². The van der Waals surface area contributed by atoms with Crippen molar-refractivity contribution in [2.75, 3.05) is 6.26 Å². The van der Waals surface area contributed by atoms with Gasteiger partial charge >= 0.3 is 0 Å². The Hall–Kier alpha value is -1.63. The van der Waals surface area contributed by atoms with Gasteiger partial charge in [0.1, 0.15) is 11.4 Å². The molecule has 1 heterocycles. The molecule has 0 radical (unpaired) electrons. The van der Waals surface area contributed by atoms with Gasteiger partial charge in [0, 0.05) is 25.1 Å². The maximum Gasteiger partial charge on any atom is 0.238 e. The van der Waals surface area contributed by atoms with Crippen LogP contribution in [0.15, 0.2) is 18.3 Å². The average Bonchev–Trinajstić information content (AvgIpc) is 2.96. The van der Waals surface area contributed by atoms with E-state index in [2.05, 4.69) is 10.3 Å². The minimum absolute atomic E-state index is 0.225. The summed E-state index contributed by atoms with van der Waals surface area (Å²) in [5.74, 6) is 0.0485. The molecule has 1 aliphatic carbocycles. The van der Waals surface area contributed by atoms with Crippen LogP contribution in [0.5, 0.6) is 5.88 Å². The molecule has 2 rings (SSSR count). The first-order chi connectivity index (χ1) is 10.4.